The Hall–Kier alpha value is -0.780. The fourth-order valence-electron chi connectivity index (χ4n) is 1.04. The minimum Gasteiger partial charge on any atom is -0.329 e. The van der Waals surface area contributed by atoms with Crippen molar-refractivity contribution in [1.82, 2.24) is 0 Å². The third kappa shape index (κ3) is 3.70. The Morgan fingerprint density at radius 1 is 1.47 bits per heavy atom. The van der Waals surface area contributed by atoms with Gasteiger partial charge in [-0.2, -0.15) is 0 Å². The van der Waals surface area contributed by atoms with E-state index in [1.54, 1.807) is 18.2 Å². The van der Waals surface area contributed by atoms with Crippen LogP contribution >= 0.6 is 11.6 Å². The van der Waals surface area contributed by atoms with Gasteiger partial charge >= 0.3 is 0 Å². The Balaban J connectivity index is 2.86. The Morgan fingerprint density at radius 2 is 2.13 bits per heavy atom. The van der Waals surface area contributed by atoms with Crippen LogP contribution in [0.2, 0.25) is 5.02 Å². The molecule has 0 aliphatic rings. The van der Waals surface area contributed by atoms with Gasteiger partial charge < -0.3 is 5.73 Å². The Labute approximate surface area is 94.5 Å². The number of halogens is 1. The molecule has 0 saturated heterocycles. The minimum atomic E-state index is -3.35. The van der Waals surface area contributed by atoms with E-state index in [4.69, 9.17) is 17.3 Å². The lowest BCUT2D eigenvalue weighted by atomic mass is 10.2. The van der Waals surface area contributed by atoms with Crippen LogP contribution in [0.3, 0.4) is 0 Å². The molecule has 0 radical (unpaired) electrons. The Kier molecular flexibility index (Phi) is 3.96. The molecule has 0 aromatic heterocycles. The zero-order valence-corrected chi connectivity index (χ0v) is 9.90. The molecule has 84 valence electrons. The third-order valence-corrected chi connectivity index (χ3v) is 3.56. The van der Waals surface area contributed by atoms with Gasteiger partial charge in [0.1, 0.15) is 0 Å². The van der Waals surface area contributed by atoms with Gasteiger partial charge in [0.2, 0.25) is 10.0 Å². The van der Waals surface area contributed by atoms with E-state index in [0.29, 0.717) is 10.7 Å². The molecule has 3 N–H and O–H groups in total. The topological polar surface area (TPSA) is 72.2 Å². The van der Waals surface area contributed by atoms with Crippen molar-refractivity contribution in [3.63, 3.8) is 0 Å². The van der Waals surface area contributed by atoms with Gasteiger partial charge in [-0.05, 0) is 24.6 Å². The number of anilines is 1. The summed E-state index contributed by atoms with van der Waals surface area (Å²) in [5.41, 5.74) is 6.54. The van der Waals surface area contributed by atoms with Crippen molar-refractivity contribution in [3.8, 4) is 0 Å². The monoisotopic (exact) mass is 248 g/mol. The molecule has 15 heavy (non-hydrogen) atoms. The average molecular weight is 249 g/mol. The highest BCUT2D eigenvalue weighted by Crippen LogP contribution is 2.20. The van der Waals surface area contributed by atoms with E-state index in [-0.39, 0.29) is 12.3 Å². The van der Waals surface area contributed by atoms with Crippen LogP contribution in [-0.2, 0) is 10.0 Å². The van der Waals surface area contributed by atoms with Crippen LogP contribution < -0.4 is 10.5 Å². The molecule has 1 rings (SSSR count). The van der Waals surface area contributed by atoms with Crippen LogP contribution in [0.5, 0.6) is 0 Å². The van der Waals surface area contributed by atoms with Crippen molar-refractivity contribution in [3.05, 3.63) is 28.8 Å². The van der Waals surface area contributed by atoms with Crippen molar-refractivity contribution >= 4 is 27.3 Å². The number of benzene rings is 1. The predicted octanol–water partition coefficient (Wildman–Crippen LogP) is 1.35. The van der Waals surface area contributed by atoms with Crippen molar-refractivity contribution in [2.24, 2.45) is 5.73 Å². The summed E-state index contributed by atoms with van der Waals surface area (Å²) in [5.74, 6) is -0.0987. The molecule has 0 saturated carbocycles. The second kappa shape index (κ2) is 4.83. The van der Waals surface area contributed by atoms with E-state index >= 15 is 0 Å². The van der Waals surface area contributed by atoms with Crippen LogP contribution in [0.4, 0.5) is 5.69 Å². The van der Waals surface area contributed by atoms with Crippen LogP contribution in [0.25, 0.3) is 0 Å². The van der Waals surface area contributed by atoms with E-state index < -0.39 is 10.0 Å². The van der Waals surface area contributed by atoms with Crippen molar-refractivity contribution in [2.75, 3.05) is 17.0 Å². The number of aryl methyl sites for hydroxylation is 1. The maximum atomic E-state index is 11.4. The SMILES string of the molecule is Cc1ccc(NS(=O)(=O)CCN)cc1Cl. The second-order valence-corrected chi connectivity index (χ2v) is 5.42. The zero-order valence-electron chi connectivity index (χ0n) is 8.33. The van der Waals surface area contributed by atoms with E-state index in [0.717, 1.165) is 5.56 Å². The number of hydrogen-bond acceptors (Lipinski definition) is 3. The number of sulfonamides is 1. The van der Waals surface area contributed by atoms with Gasteiger partial charge in [0.05, 0.1) is 5.75 Å². The van der Waals surface area contributed by atoms with Gasteiger partial charge in [0.25, 0.3) is 0 Å². The fourth-order valence-corrected chi connectivity index (χ4v) is 2.12. The van der Waals surface area contributed by atoms with Gasteiger partial charge in [-0.15, -0.1) is 0 Å². The molecule has 1 aromatic carbocycles. The molecule has 0 heterocycles. The summed E-state index contributed by atoms with van der Waals surface area (Å²) >= 11 is 5.86. The van der Waals surface area contributed by atoms with E-state index in [9.17, 15) is 8.42 Å². The molecule has 4 nitrogen and oxygen atoms in total. The summed E-state index contributed by atoms with van der Waals surface area (Å²) in [5, 5.41) is 0.531. The summed E-state index contributed by atoms with van der Waals surface area (Å²) in [7, 11) is -3.35. The first-order chi connectivity index (χ1) is 6.94. The van der Waals surface area contributed by atoms with Crippen LogP contribution in [-0.4, -0.2) is 20.7 Å². The first kappa shape index (κ1) is 12.3. The van der Waals surface area contributed by atoms with Gasteiger partial charge in [0, 0.05) is 17.3 Å². The largest absolute Gasteiger partial charge is 0.329 e. The highest BCUT2D eigenvalue weighted by Gasteiger charge is 2.09. The number of rotatable bonds is 4. The molecule has 0 atom stereocenters. The molecule has 0 aliphatic heterocycles. The molecule has 0 spiro atoms. The average Bonchev–Trinajstić information content (AvgIpc) is 2.10. The fraction of sp³-hybridized carbons (Fsp3) is 0.333. The molecule has 0 bridgehead atoms. The third-order valence-electron chi connectivity index (χ3n) is 1.83. The molecular weight excluding hydrogens is 236 g/mol. The van der Waals surface area contributed by atoms with Crippen LogP contribution in [0.15, 0.2) is 18.2 Å². The van der Waals surface area contributed by atoms with E-state index in [1.807, 2.05) is 6.92 Å². The first-order valence-electron chi connectivity index (χ1n) is 4.41. The number of nitrogens with two attached hydrogens (primary N) is 1. The molecule has 0 unspecified atom stereocenters. The van der Waals surface area contributed by atoms with Crippen molar-refractivity contribution < 1.29 is 8.42 Å². The smallest absolute Gasteiger partial charge is 0.233 e. The summed E-state index contributed by atoms with van der Waals surface area (Å²) in [6.07, 6.45) is 0. The number of hydrogen-bond donors (Lipinski definition) is 2. The highest BCUT2D eigenvalue weighted by atomic mass is 35.5. The minimum absolute atomic E-state index is 0.0922. The summed E-state index contributed by atoms with van der Waals surface area (Å²) in [6, 6.07) is 4.99. The second-order valence-electron chi connectivity index (χ2n) is 3.17. The predicted molar refractivity (Wildman–Crippen MR) is 62.7 cm³/mol. The summed E-state index contributed by atoms with van der Waals surface area (Å²) in [4.78, 5) is 0. The maximum Gasteiger partial charge on any atom is 0.233 e. The van der Waals surface area contributed by atoms with Crippen LogP contribution in [0.1, 0.15) is 5.56 Å². The molecule has 1 aromatic rings. The quantitative estimate of drug-likeness (QED) is 0.845. The first-order valence-corrected chi connectivity index (χ1v) is 6.44. The maximum absolute atomic E-state index is 11.4. The molecule has 0 amide bonds. The van der Waals surface area contributed by atoms with Gasteiger partial charge in [0.15, 0.2) is 0 Å². The summed E-state index contributed by atoms with van der Waals surface area (Å²) < 4.78 is 25.1. The Morgan fingerprint density at radius 3 is 2.67 bits per heavy atom. The molecule has 0 aliphatic carbocycles. The molecule has 0 fully saturated rings. The van der Waals surface area contributed by atoms with Gasteiger partial charge in [-0.25, -0.2) is 8.42 Å². The van der Waals surface area contributed by atoms with Crippen molar-refractivity contribution in [1.29, 1.82) is 0 Å². The van der Waals surface area contributed by atoms with Crippen molar-refractivity contribution in [2.45, 2.75) is 6.92 Å². The molecular formula is C9H13ClN2O2S. The Bertz CT molecular complexity index is 445. The standard InChI is InChI=1S/C9H13ClN2O2S/c1-7-2-3-8(6-9(7)10)12-15(13,14)5-4-11/h2-3,6,12H,4-5,11H2,1H3. The van der Waals surface area contributed by atoms with E-state index in [2.05, 4.69) is 4.72 Å². The number of nitrogens with one attached hydrogen (secondary N) is 1. The lowest BCUT2D eigenvalue weighted by Gasteiger charge is -2.07. The van der Waals surface area contributed by atoms with E-state index in [1.165, 1.54) is 0 Å². The van der Waals surface area contributed by atoms with Gasteiger partial charge in [-0.1, -0.05) is 17.7 Å². The summed E-state index contributed by atoms with van der Waals surface area (Å²) in [6.45, 7) is 1.94. The van der Waals surface area contributed by atoms with Crippen LogP contribution in [0, 0.1) is 6.92 Å². The lowest BCUT2D eigenvalue weighted by molar-refractivity contribution is 0.601. The highest BCUT2D eigenvalue weighted by molar-refractivity contribution is 7.92. The normalized spacial score (nSPS) is 11.4. The van der Waals surface area contributed by atoms with Gasteiger partial charge in [-0.3, -0.25) is 4.72 Å². The molecule has 6 heteroatoms. The zero-order chi connectivity index (χ0) is 11.5. The lowest BCUT2D eigenvalue weighted by Crippen LogP contribution is -2.22.